The fraction of sp³-hybridized carbons (Fsp3) is 0.529. The molecule has 0 radical (unpaired) electrons. The van der Waals surface area contributed by atoms with E-state index in [0.717, 1.165) is 17.1 Å². The summed E-state index contributed by atoms with van der Waals surface area (Å²) < 4.78 is 0. The van der Waals surface area contributed by atoms with Gasteiger partial charge in [-0.1, -0.05) is 20.3 Å². The Morgan fingerprint density at radius 3 is 2.83 bits per heavy atom. The number of anilines is 1. The van der Waals surface area contributed by atoms with Crippen molar-refractivity contribution in [2.45, 2.75) is 57.3 Å². The van der Waals surface area contributed by atoms with E-state index >= 15 is 0 Å². The van der Waals surface area contributed by atoms with Crippen molar-refractivity contribution in [2.24, 2.45) is 0 Å². The standard InChI is InChI=1S/C17H21N5O/c1-9(2)16-18-7-6-12(19-16)11-8-13(23)20-17-14(11)15(21-22-17)10-4-3-5-10/h6-7,9-11H,3-5,8H2,1-2H3,(H2,20,21,22,23)/t11-/m0/s1. The van der Waals surface area contributed by atoms with Crippen molar-refractivity contribution in [3.05, 3.63) is 35.0 Å². The Bertz CT molecular complexity index is 747. The number of carbonyl (C=O) groups excluding carboxylic acids is 1. The summed E-state index contributed by atoms with van der Waals surface area (Å²) in [6.45, 7) is 4.16. The van der Waals surface area contributed by atoms with Crippen LogP contribution < -0.4 is 5.32 Å². The lowest BCUT2D eigenvalue weighted by molar-refractivity contribution is -0.116. The van der Waals surface area contributed by atoms with E-state index in [1.165, 1.54) is 25.0 Å². The quantitative estimate of drug-likeness (QED) is 0.912. The summed E-state index contributed by atoms with van der Waals surface area (Å²) in [5.74, 6) is 2.27. The first kappa shape index (κ1) is 14.4. The van der Waals surface area contributed by atoms with Gasteiger partial charge in [0.15, 0.2) is 5.82 Å². The molecule has 0 aromatic carbocycles. The Morgan fingerprint density at radius 1 is 1.30 bits per heavy atom. The van der Waals surface area contributed by atoms with Gasteiger partial charge in [-0.3, -0.25) is 9.89 Å². The Labute approximate surface area is 135 Å². The third-order valence-electron chi connectivity index (χ3n) is 4.91. The molecule has 1 amide bonds. The summed E-state index contributed by atoms with van der Waals surface area (Å²) in [5, 5.41) is 10.4. The average molecular weight is 311 g/mol. The van der Waals surface area contributed by atoms with Crippen LogP contribution in [0.5, 0.6) is 0 Å². The smallest absolute Gasteiger partial charge is 0.226 e. The van der Waals surface area contributed by atoms with Crippen LogP contribution in [0.1, 0.15) is 80.1 Å². The van der Waals surface area contributed by atoms with Crippen molar-refractivity contribution in [2.75, 3.05) is 5.32 Å². The van der Waals surface area contributed by atoms with Gasteiger partial charge in [0.1, 0.15) is 5.82 Å². The molecule has 1 aliphatic heterocycles. The van der Waals surface area contributed by atoms with E-state index in [1.807, 2.05) is 6.07 Å². The minimum atomic E-state index is -0.0337. The lowest BCUT2D eigenvalue weighted by Gasteiger charge is -2.29. The minimum Gasteiger partial charge on any atom is -0.309 e. The number of H-pyrrole nitrogens is 1. The van der Waals surface area contributed by atoms with Crippen molar-refractivity contribution in [1.29, 1.82) is 0 Å². The molecule has 0 saturated heterocycles. The molecule has 6 nitrogen and oxygen atoms in total. The number of rotatable bonds is 3. The number of aromatic nitrogens is 4. The molecule has 1 aliphatic carbocycles. The lowest BCUT2D eigenvalue weighted by Crippen LogP contribution is -2.25. The van der Waals surface area contributed by atoms with Crippen LogP contribution in [0.2, 0.25) is 0 Å². The molecule has 0 unspecified atom stereocenters. The highest BCUT2D eigenvalue weighted by atomic mass is 16.1. The molecule has 2 N–H and O–H groups in total. The summed E-state index contributed by atoms with van der Waals surface area (Å²) in [7, 11) is 0. The van der Waals surface area contributed by atoms with Crippen molar-refractivity contribution < 1.29 is 4.79 Å². The second kappa shape index (κ2) is 5.44. The Morgan fingerprint density at radius 2 is 2.13 bits per heavy atom. The number of hydrogen-bond donors (Lipinski definition) is 2. The zero-order chi connectivity index (χ0) is 16.0. The number of nitrogens with one attached hydrogen (secondary N) is 2. The molecule has 6 heteroatoms. The zero-order valence-electron chi connectivity index (χ0n) is 13.5. The first-order valence-electron chi connectivity index (χ1n) is 8.34. The van der Waals surface area contributed by atoms with Gasteiger partial charge in [-0.25, -0.2) is 9.97 Å². The van der Waals surface area contributed by atoms with Gasteiger partial charge >= 0.3 is 0 Å². The predicted molar refractivity (Wildman–Crippen MR) is 86.4 cm³/mol. The highest BCUT2D eigenvalue weighted by Crippen LogP contribution is 2.45. The van der Waals surface area contributed by atoms with E-state index in [1.54, 1.807) is 6.20 Å². The highest BCUT2D eigenvalue weighted by molar-refractivity contribution is 5.94. The third kappa shape index (κ3) is 2.42. The van der Waals surface area contributed by atoms with E-state index in [2.05, 4.69) is 34.3 Å². The predicted octanol–water partition coefficient (Wildman–Crippen LogP) is 3.06. The summed E-state index contributed by atoms with van der Waals surface area (Å²) >= 11 is 0. The van der Waals surface area contributed by atoms with Gasteiger partial charge in [-0.2, -0.15) is 5.10 Å². The Hall–Kier alpha value is -2.24. The van der Waals surface area contributed by atoms with Gasteiger partial charge in [0.2, 0.25) is 5.91 Å². The fourth-order valence-corrected chi connectivity index (χ4v) is 3.40. The van der Waals surface area contributed by atoms with Crippen LogP contribution in [0.3, 0.4) is 0 Å². The summed E-state index contributed by atoms with van der Waals surface area (Å²) in [6, 6.07) is 1.93. The monoisotopic (exact) mass is 311 g/mol. The third-order valence-corrected chi connectivity index (χ3v) is 4.91. The molecule has 1 saturated carbocycles. The second-order valence-corrected chi connectivity index (χ2v) is 6.83. The topological polar surface area (TPSA) is 83.6 Å². The van der Waals surface area contributed by atoms with E-state index in [9.17, 15) is 4.79 Å². The molecular formula is C17H21N5O. The van der Waals surface area contributed by atoms with E-state index in [4.69, 9.17) is 4.98 Å². The van der Waals surface area contributed by atoms with E-state index in [-0.39, 0.29) is 17.7 Å². The first-order chi connectivity index (χ1) is 11.1. The van der Waals surface area contributed by atoms with Gasteiger partial charge in [0.25, 0.3) is 0 Å². The van der Waals surface area contributed by atoms with Crippen LogP contribution in [0.4, 0.5) is 5.82 Å². The van der Waals surface area contributed by atoms with Crippen molar-refractivity contribution in [1.82, 2.24) is 20.2 Å². The van der Waals surface area contributed by atoms with Gasteiger partial charge in [0, 0.05) is 41.6 Å². The van der Waals surface area contributed by atoms with Crippen LogP contribution in [0.25, 0.3) is 0 Å². The number of aromatic amines is 1. The van der Waals surface area contributed by atoms with Gasteiger partial charge < -0.3 is 5.32 Å². The number of carbonyl (C=O) groups is 1. The van der Waals surface area contributed by atoms with Crippen LogP contribution in [0, 0.1) is 0 Å². The molecule has 0 bridgehead atoms. The molecule has 1 fully saturated rings. The van der Waals surface area contributed by atoms with Crippen molar-refractivity contribution in [3.63, 3.8) is 0 Å². The Balaban J connectivity index is 1.79. The van der Waals surface area contributed by atoms with Gasteiger partial charge in [-0.05, 0) is 18.9 Å². The molecule has 3 heterocycles. The van der Waals surface area contributed by atoms with Gasteiger partial charge in [0.05, 0.1) is 5.69 Å². The van der Waals surface area contributed by atoms with Crippen LogP contribution in [0.15, 0.2) is 12.3 Å². The van der Waals surface area contributed by atoms with Crippen molar-refractivity contribution >= 4 is 11.7 Å². The zero-order valence-corrected chi connectivity index (χ0v) is 13.5. The minimum absolute atomic E-state index is 0.00105. The number of fused-ring (bicyclic) bond motifs is 1. The van der Waals surface area contributed by atoms with Crippen LogP contribution in [-0.2, 0) is 4.79 Å². The highest BCUT2D eigenvalue weighted by Gasteiger charge is 2.36. The maximum Gasteiger partial charge on any atom is 0.226 e. The molecule has 2 aromatic rings. The van der Waals surface area contributed by atoms with Crippen LogP contribution in [-0.4, -0.2) is 26.1 Å². The van der Waals surface area contributed by atoms with E-state index in [0.29, 0.717) is 18.2 Å². The average Bonchev–Trinajstić information content (AvgIpc) is 2.88. The Kier molecular flexibility index (Phi) is 3.39. The number of hydrogen-bond acceptors (Lipinski definition) is 4. The molecule has 1 atom stereocenters. The summed E-state index contributed by atoms with van der Waals surface area (Å²) in [6.07, 6.45) is 5.86. The number of amides is 1. The lowest BCUT2D eigenvalue weighted by atomic mass is 9.77. The molecule has 2 aliphatic rings. The summed E-state index contributed by atoms with van der Waals surface area (Å²) in [5.41, 5.74) is 3.23. The molecular weight excluding hydrogens is 290 g/mol. The maximum atomic E-state index is 12.1. The molecule has 0 spiro atoms. The van der Waals surface area contributed by atoms with E-state index < -0.39 is 0 Å². The fourth-order valence-electron chi connectivity index (χ4n) is 3.40. The first-order valence-corrected chi connectivity index (χ1v) is 8.34. The van der Waals surface area contributed by atoms with Gasteiger partial charge in [-0.15, -0.1) is 0 Å². The normalized spacial score (nSPS) is 21.0. The molecule has 120 valence electrons. The number of nitrogens with zero attached hydrogens (tertiary/aromatic N) is 3. The second-order valence-electron chi connectivity index (χ2n) is 6.83. The molecule has 23 heavy (non-hydrogen) atoms. The molecule has 2 aromatic heterocycles. The SMILES string of the molecule is CC(C)c1nccc([C@@H]2CC(=O)Nc3n[nH]c(C4CCC4)c32)n1. The largest absolute Gasteiger partial charge is 0.309 e. The van der Waals surface area contributed by atoms with Crippen molar-refractivity contribution in [3.8, 4) is 0 Å². The van der Waals surface area contributed by atoms with Crippen LogP contribution >= 0.6 is 0 Å². The molecule has 4 rings (SSSR count). The maximum absolute atomic E-state index is 12.1. The summed E-state index contributed by atoms with van der Waals surface area (Å²) in [4.78, 5) is 21.1.